The molecule has 0 amide bonds. The molecule has 0 aromatic carbocycles. The van der Waals surface area contributed by atoms with Crippen molar-refractivity contribution in [1.29, 1.82) is 0 Å². The zero-order chi connectivity index (χ0) is 8.10. The van der Waals surface area contributed by atoms with E-state index in [4.69, 9.17) is 4.74 Å². The van der Waals surface area contributed by atoms with Crippen LogP contribution in [0.5, 0.6) is 0 Å². The molecule has 1 heterocycles. The van der Waals surface area contributed by atoms with Crippen LogP contribution >= 0.6 is 0 Å². The number of hydrogen-bond donors (Lipinski definition) is 0. The van der Waals surface area contributed by atoms with Gasteiger partial charge in [-0.25, -0.2) is 4.68 Å². The van der Waals surface area contributed by atoms with E-state index in [1.165, 1.54) is 0 Å². The van der Waals surface area contributed by atoms with Gasteiger partial charge in [0.2, 0.25) is 0 Å². The summed E-state index contributed by atoms with van der Waals surface area (Å²) in [6.45, 7) is 1.94. The third-order valence-corrected chi connectivity index (χ3v) is 1.37. The minimum Gasteiger partial charge on any atom is -0.376 e. The van der Waals surface area contributed by atoms with Gasteiger partial charge in [0, 0.05) is 19.5 Å². The molecule has 3 nitrogen and oxygen atoms in total. The van der Waals surface area contributed by atoms with Crippen LogP contribution in [0.1, 0.15) is 6.92 Å². The quantitative estimate of drug-likeness (QED) is 0.600. The Morgan fingerprint density at radius 1 is 1.45 bits per heavy atom. The van der Waals surface area contributed by atoms with Crippen molar-refractivity contribution in [2.24, 2.45) is 5.10 Å². The Labute approximate surface area is 66.3 Å². The van der Waals surface area contributed by atoms with Crippen molar-refractivity contribution < 1.29 is 4.74 Å². The topological polar surface area (TPSA) is 26.5 Å². The number of ether oxygens (including phenoxy) is 1. The lowest BCUT2D eigenvalue weighted by Gasteiger charge is -2.00. The minimum absolute atomic E-state index is 0.0670. The monoisotopic (exact) mass is 152 g/mol. The summed E-state index contributed by atoms with van der Waals surface area (Å²) in [5, 5.41) is 4.10. The zero-order valence-electron chi connectivity index (χ0n) is 6.77. The summed E-state index contributed by atoms with van der Waals surface area (Å²) in [5.41, 5.74) is 0. The number of aromatic nitrogens is 1. The maximum atomic E-state index is 4.99. The molecule has 1 aromatic rings. The standard InChI is InChI=1S/C8H12N2O/c1-8(11-2)7-9-10-5-3-4-6-10/h3-8H,1-2H3/b9-7+. The molecule has 0 aliphatic carbocycles. The predicted octanol–water partition coefficient (Wildman–Crippen LogP) is 1.36. The van der Waals surface area contributed by atoms with Crippen LogP contribution in [0.3, 0.4) is 0 Å². The van der Waals surface area contributed by atoms with Crippen LogP contribution in [0, 0.1) is 0 Å². The van der Waals surface area contributed by atoms with Crippen molar-refractivity contribution in [3.8, 4) is 0 Å². The van der Waals surface area contributed by atoms with Crippen LogP contribution in [-0.4, -0.2) is 24.1 Å². The molecular weight excluding hydrogens is 140 g/mol. The van der Waals surface area contributed by atoms with Crippen LogP contribution in [0.2, 0.25) is 0 Å². The SMILES string of the molecule is COC(C)/C=N/n1cccc1. The first-order valence-corrected chi connectivity index (χ1v) is 3.53. The molecule has 0 radical (unpaired) electrons. The molecule has 0 N–H and O–H groups in total. The first-order chi connectivity index (χ1) is 5.33. The average Bonchev–Trinajstić information content (AvgIpc) is 2.52. The van der Waals surface area contributed by atoms with Gasteiger partial charge in [-0.15, -0.1) is 0 Å². The molecular formula is C8H12N2O. The Kier molecular flexibility index (Phi) is 2.86. The lowest BCUT2D eigenvalue weighted by atomic mass is 10.5. The van der Waals surface area contributed by atoms with Gasteiger partial charge in [0.25, 0.3) is 0 Å². The van der Waals surface area contributed by atoms with E-state index in [0.717, 1.165) is 0 Å². The van der Waals surface area contributed by atoms with Crippen LogP contribution in [0.4, 0.5) is 0 Å². The molecule has 11 heavy (non-hydrogen) atoms. The molecule has 0 aliphatic heterocycles. The van der Waals surface area contributed by atoms with Crippen LogP contribution in [-0.2, 0) is 4.74 Å². The Morgan fingerprint density at radius 3 is 2.64 bits per heavy atom. The van der Waals surface area contributed by atoms with Gasteiger partial charge in [0.1, 0.15) is 0 Å². The molecule has 1 aromatic heterocycles. The summed E-state index contributed by atoms with van der Waals surface area (Å²) in [7, 11) is 1.66. The second kappa shape index (κ2) is 3.93. The smallest absolute Gasteiger partial charge is 0.0912 e. The maximum absolute atomic E-state index is 4.99. The lowest BCUT2D eigenvalue weighted by molar-refractivity contribution is 0.174. The van der Waals surface area contributed by atoms with Gasteiger partial charge in [-0.1, -0.05) is 0 Å². The van der Waals surface area contributed by atoms with E-state index in [0.29, 0.717) is 0 Å². The summed E-state index contributed by atoms with van der Waals surface area (Å²) in [5.74, 6) is 0. The normalized spacial score (nSPS) is 14.0. The van der Waals surface area contributed by atoms with E-state index in [2.05, 4.69) is 5.10 Å². The van der Waals surface area contributed by atoms with E-state index < -0.39 is 0 Å². The van der Waals surface area contributed by atoms with Gasteiger partial charge in [0.15, 0.2) is 0 Å². The highest BCUT2D eigenvalue weighted by molar-refractivity contribution is 5.62. The average molecular weight is 152 g/mol. The van der Waals surface area contributed by atoms with E-state index in [1.807, 2.05) is 31.5 Å². The summed E-state index contributed by atoms with van der Waals surface area (Å²) in [6.07, 6.45) is 5.56. The molecule has 3 heteroatoms. The molecule has 1 atom stereocenters. The summed E-state index contributed by atoms with van der Waals surface area (Å²) < 4.78 is 6.72. The zero-order valence-corrected chi connectivity index (χ0v) is 6.77. The van der Waals surface area contributed by atoms with Crippen LogP contribution < -0.4 is 0 Å². The van der Waals surface area contributed by atoms with E-state index in [-0.39, 0.29) is 6.10 Å². The van der Waals surface area contributed by atoms with Crippen molar-refractivity contribution in [2.45, 2.75) is 13.0 Å². The molecule has 0 bridgehead atoms. The van der Waals surface area contributed by atoms with Gasteiger partial charge in [0.05, 0.1) is 12.3 Å². The number of hydrogen-bond acceptors (Lipinski definition) is 2. The molecule has 0 saturated carbocycles. The first-order valence-electron chi connectivity index (χ1n) is 3.53. The lowest BCUT2D eigenvalue weighted by Crippen LogP contribution is -2.06. The summed E-state index contributed by atoms with van der Waals surface area (Å²) in [4.78, 5) is 0. The highest BCUT2D eigenvalue weighted by atomic mass is 16.5. The molecule has 1 unspecified atom stereocenters. The fourth-order valence-electron chi connectivity index (χ4n) is 0.634. The van der Waals surface area contributed by atoms with Crippen molar-refractivity contribution >= 4 is 6.21 Å². The highest BCUT2D eigenvalue weighted by Crippen LogP contribution is 1.89. The summed E-state index contributed by atoms with van der Waals surface area (Å²) >= 11 is 0. The molecule has 1 rings (SSSR count). The number of methoxy groups -OCH3 is 1. The van der Waals surface area contributed by atoms with Gasteiger partial charge >= 0.3 is 0 Å². The van der Waals surface area contributed by atoms with Gasteiger partial charge in [-0.3, -0.25) is 0 Å². The Bertz CT molecular complexity index is 216. The fraction of sp³-hybridized carbons (Fsp3) is 0.375. The van der Waals surface area contributed by atoms with Crippen molar-refractivity contribution in [1.82, 2.24) is 4.68 Å². The number of rotatable bonds is 3. The van der Waals surface area contributed by atoms with Crippen molar-refractivity contribution in [2.75, 3.05) is 7.11 Å². The molecule has 0 fully saturated rings. The third kappa shape index (κ3) is 2.55. The summed E-state index contributed by atoms with van der Waals surface area (Å²) in [6, 6.07) is 3.85. The number of nitrogens with zero attached hydrogens (tertiary/aromatic N) is 2. The van der Waals surface area contributed by atoms with E-state index in [9.17, 15) is 0 Å². The Morgan fingerprint density at radius 2 is 2.09 bits per heavy atom. The molecule has 0 saturated heterocycles. The Balaban J connectivity index is 2.48. The van der Waals surface area contributed by atoms with Crippen molar-refractivity contribution in [3.63, 3.8) is 0 Å². The highest BCUT2D eigenvalue weighted by Gasteiger charge is 1.90. The Hall–Kier alpha value is -1.09. The molecule has 0 aliphatic rings. The van der Waals surface area contributed by atoms with Crippen molar-refractivity contribution in [3.05, 3.63) is 24.5 Å². The second-order valence-corrected chi connectivity index (χ2v) is 2.27. The van der Waals surface area contributed by atoms with E-state index >= 15 is 0 Å². The third-order valence-electron chi connectivity index (χ3n) is 1.37. The predicted molar refractivity (Wildman–Crippen MR) is 44.8 cm³/mol. The second-order valence-electron chi connectivity index (χ2n) is 2.27. The first kappa shape index (κ1) is 8.01. The van der Waals surface area contributed by atoms with Gasteiger partial charge in [-0.05, 0) is 19.1 Å². The van der Waals surface area contributed by atoms with Crippen LogP contribution in [0.25, 0.3) is 0 Å². The van der Waals surface area contributed by atoms with Crippen LogP contribution in [0.15, 0.2) is 29.6 Å². The molecule has 0 spiro atoms. The molecule has 60 valence electrons. The minimum atomic E-state index is 0.0670. The maximum Gasteiger partial charge on any atom is 0.0912 e. The van der Waals surface area contributed by atoms with Gasteiger partial charge in [-0.2, -0.15) is 5.10 Å². The van der Waals surface area contributed by atoms with Gasteiger partial charge < -0.3 is 4.74 Å². The largest absolute Gasteiger partial charge is 0.376 e. The fourth-order valence-corrected chi connectivity index (χ4v) is 0.634. The van der Waals surface area contributed by atoms with E-state index in [1.54, 1.807) is 18.0 Å².